The molecule has 0 saturated carbocycles. The van der Waals surface area contributed by atoms with Crippen molar-refractivity contribution in [1.82, 2.24) is 9.80 Å². The largest absolute Gasteiger partial charge is 0.355 e. The van der Waals surface area contributed by atoms with Crippen LogP contribution in [0.1, 0.15) is 75.7 Å². The van der Waals surface area contributed by atoms with Crippen LogP contribution in [0.15, 0.2) is 46.8 Å². The minimum atomic E-state index is 0.219. The first kappa shape index (κ1) is 24.2. The molecule has 0 amide bonds. The maximum Gasteiger partial charge on any atom is 0.0899 e. The summed E-state index contributed by atoms with van der Waals surface area (Å²) in [5, 5.41) is 0. The predicted molar refractivity (Wildman–Crippen MR) is 135 cm³/mol. The summed E-state index contributed by atoms with van der Waals surface area (Å²) >= 11 is 0. The average molecular weight is 425 g/mol. The second-order valence-corrected chi connectivity index (χ2v) is 11.8. The van der Waals surface area contributed by atoms with Crippen molar-refractivity contribution < 1.29 is 0 Å². The van der Waals surface area contributed by atoms with Crippen molar-refractivity contribution in [1.29, 1.82) is 0 Å². The minimum Gasteiger partial charge on any atom is -0.355 e. The molecule has 3 atom stereocenters. The second kappa shape index (κ2) is 9.20. The summed E-state index contributed by atoms with van der Waals surface area (Å²) in [7, 11) is 0. The fraction of sp³-hybridized carbons (Fsp3) is 0.724. The van der Waals surface area contributed by atoms with Gasteiger partial charge in [-0.05, 0) is 47.2 Å². The molecule has 3 rings (SSSR count). The van der Waals surface area contributed by atoms with Gasteiger partial charge in [-0.15, -0.1) is 0 Å². The molecule has 3 aliphatic rings. The Balaban J connectivity index is 2.02. The molecule has 174 valence electrons. The minimum absolute atomic E-state index is 0.219. The van der Waals surface area contributed by atoms with Gasteiger partial charge in [-0.25, -0.2) is 0 Å². The van der Waals surface area contributed by atoms with Crippen LogP contribution < -0.4 is 0 Å². The lowest BCUT2D eigenvalue weighted by Crippen LogP contribution is -2.40. The van der Waals surface area contributed by atoms with Gasteiger partial charge in [0.15, 0.2) is 0 Å². The van der Waals surface area contributed by atoms with Crippen LogP contribution in [0.3, 0.4) is 0 Å². The van der Waals surface area contributed by atoms with Crippen LogP contribution in [0.25, 0.3) is 0 Å². The summed E-state index contributed by atoms with van der Waals surface area (Å²) < 4.78 is 0. The van der Waals surface area contributed by atoms with Gasteiger partial charge in [-0.1, -0.05) is 93.5 Å². The first-order chi connectivity index (χ1) is 14.5. The maximum absolute atomic E-state index is 2.74. The first-order valence-corrected chi connectivity index (χ1v) is 12.8. The van der Waals surface area contributed by atoms with Crippen molar-refractivity contribution in [2.45, 2.75) is 75.7 Å². The van der Waals surface area contributed by atoms with E-state index in [1.165, 1.54) is 0 Å². The Morgan fingerprint density at radius 1 is 0.871 bits per heavy atom. The van der Waals surface area contributed by atoms with Crippen LogP contribution in [-0.4, -0.2) is 29.6 Å². The Kier molecular flexibility index (Phi) is 7.18. The molecule has 0 aromatic carbocycles. The lowest BCUT2D eigenvalue weighted by Gasteiger charge is -2.45. The van der Waals surface area contributed by atoms with Crippen LogP contribution in [-0.2, 0) is 0 Å². The van der Waals surface area contributed by atoms with E-state index in [2.05, 4.69) is 103 Å². The summed E-state index contributed by atoms with van der Waals surface area (Å²) in [5.74, 6) is 3.63. The maximum atomic E-state index is 2.74. The number of nitrogens with zero attached hydrogens (tertiary/aromatic N) is 2. The van der Waals surface area contributed by atoms with E-state index >= 15 is 0 Å². The van der Waals surface area contributed by atoms with E-state index in [9.17, 15) is 0 Å². The molecule has 1 heterocycles. The Labute approximate surface area is 193 Å². The van der Waals surface area contributed by atoms with Crippen molar-refractivity contribution in [3.63, 3.8) is 0 Å². The Hall–Kier alpha value is -1.44. The highest BCUT2D eigenvalue weighted by atomic mass is 15.4. The van der Waals surface area contributed by atoms with E-state index in [4.69, 9.17) is 0 Å². The van der Waals surface area contributed by atoms with Gasteiger partial charge in [0.2, 0.25) is 0 Å². The fourth-order valence-corrected chi connectivity index (χ4v) is 6.13. The molecule has 0 aromatic heterocycles. The number of hydrogen-bond donors (Lipinski definition) is 0. The molecule has 1 saturated heterocycles. The standard InChI is InChI=1S/C29H48N2/c1-19(2)24-14-13-23(9)26(21(5)6)27(24)30-16-17-31(18-30)28-25(20(3)4)12-11-15-29(28,10)22(7)8/h11-14,19-23,26H,15-18H2,1-10H3/t23?,26-,29-/m0/s1. The molecule has 2 heteroatoms. The number of hydrogen-bond acceptors (Lipinski definition) is 2. The highest BCUT2D eigenvalue weighted by Crippen LogP contribution is 2.48. The summed E-state index contributed by atoms with van der Waals surface area (Å²) in [6, 6.07) is 0. The van der Waals surface area contributed by atoms with E-state index < -0.39 is 0 Å². The number of allylic oxidation sites excluding steroid dienone is 8. The predicted octanol–water partition coefficient (Wildman–Crippen LogP) is 7.48. The normalized spacial score (nSPS) is 29.7. The molecule has 0 radical (unpaired) electrons. The molecule has 0 N–H and O–H groups in total. The zero-order valence-electron chi connectivity index (χ0n) is 22.0. The Bertz CT molecular complexity index is 777. The lowest BCUT2D eigenvalue weighted by atomic mass is 9.68. The molecule has 2 nitrogen and oxygen atoms in total. The number of rotatable bonds is 6. The SMILES string of the molecule is CC(C)C1=C(N2CCN(C3=C(C(C)C)C=CC[C@@]3(C)C(C)C)C2)[C@@H](C(C)C)C(C)C=C1. The van der Waals surface area contributed by atoms with E-state index in [0.29, 0.717) is 35.5 Å². The van der Waals surface area contributed by atoms with Crippen molar-refractivity contribution in [3.05, 3.63) is 46.8 Å². The van der Waals surface area contributed by atoms with Gasteiger partial charge in [0.05, 0.1) is 6.67 Å². The van der Waals surface area contributed by atoms with Gasteiger partial charge in [-0.3, -0.25) is 0 Å². The third-order valence-electron chi connectivity index (χ3n) is 8.29. The molecular formula is C29H48N2. The summed E-state index contributed by atoms with van der Waals surface area (Å²) in [6.45, 7) is 27.3. The monoisotopic (exact) mass is 424 g/mol. The smallest absolute Gasteiger partial charge is 0.0899 e. The van der Waals surface area contributed by atoms with Gasteiger partial charge < -0.3 is 9.80 Å². The molecular weight excluding hydrogens is 376 g/mol. The van der Waals surface area contributed by atoms with Crippen LogP contribution >= 0.6 is 0 Å². The van der Waals surface area contributed by atoms with Gasteiger partial charge in [0, 0.05) is 35.8 Å². The molecule has 1 aliphatic heterocycles. The Morgan fingerprint density at radius 3 is 2.03 bits per heavy atom. The average Bonchev–Trinajstić information content (AvgIpc) is 3.15. The summed E-state index contributed by atoms with van der Waals surface area (Å²) in [5.41, 5.74) is 6.59. The molecule has 2 aliphatic carbocycles. The molecule has 1 unspecified atom stereocenters. The highest BCUT2D eigenvalue weighted by molar-refractivity contribution is 5.38. The molecule has 31 heavy (non-hydrogen) atoms. The zero-order chi connectivity index (χ0) is 23.1. The van der Waals surface area contributed by atoms with Crippen LogP contribution in [0.2, 0.25) is 0 Å². The van der Waals surface area contributed by atoms with Gasteiger partial charge >= 0.3 is 0 Å². The van der Waals surface area contributed by atoms with E-state index in [0.717, 1.165) is 26.2 Å². The molecule has 0 spiro atoms. The van der Waals surface area contributed by atoms with Gasteiger partial charge in [-0.2, -0.15) is 0 Å². The van der Waals surface area contributed by atoms with Crippen molar-refractivity contribution in [2.24, 2.45) is 40.9 Å². The zero-order valence-corrected chi connectivity index (χ0v) is 22.0. The summed E-state index contributed by atoms with van der Waals surface area (Å²) in [6.07, 6.45) is 10.9. The van der Waals surface area contributed by atoms with Crippen molar-refractivity contribution >= 4 is 0 Å². The van der Waals surface area contributed by atoms with Gasteiger partial charge in [0.25, 0.3) is 0 Å². The van der Waals surface area contributed by atoms with Gasteiger partial charge in [0.1, 0.15) is 0 Å². The van der Waals surface area contributed by atoms with E-state index in [1.54, 1.807) is 22.5 Å². The topological polar surface area (TPSA) is 6.48 Å². The molecule has 1 fully saturated rings. The first-order valence-electron chi connectivity index (χ1n) is 12.8. The fourth-order valence-electron chi connectivity index (χ4n) is 6.13. The third kappa shape index (κ3) is 4.41. The van der Waals surface area contributed by atoms with Crippen LogP contribution in [0.4, 0.5) is 0 Å². The highest BCUT2D eigenvalue weighted by Gasteiger charge is 2.42. The second-order valence-electron chi connectivity index (χ2n) is 11.8. The Morgan fingerprint density at radius 2 is 1.48 bits per heavy atom. The van der Waals surface area contributed by atoms with Crippen LogP contribution in [0, 0.1) is 40.9 Å². The van der Waals surface area contributed by atoms with Crippen molar-refractivity contribution in [2.75, 3.05) is 19.8 Å². The third-order valence-corrected chi connectivity index (χ3v) is 8.29. The van der Waals surface area contributed by atoms with Crippen LogP contribution in [0.5, 0.6) is 0 Å². The molecule has 0 aromatic rings. The summed E-state index contributed by atoms with van der Waals surface area (Å²) in [4.78, 5) is 5.48. The molecule has 0 bridgehead atoms. The quantitative estimate of drug-likeness (QED) is 0.436. The van der Waals surface area contributed by atoms with E-state index in [-0.39, 0.29) is 5.41 Å². The van der Waals surface area contributed by atoms with Crippen molar-refractivity contribution in [3.8, 4) is 0 Å². The lowest BCUT2D eigenvalue weighted by molar-refractivity contribution is 0.175. The van der Waals surface area contributed by atoms with E-state index in [1.807, 2.05) is 0 Å².